The van der Waals surface area contributed by atoms with Crippen LogP contribution in [-0.2, 0) is 12.8 Å². The molecule has 1 unspecified atom stereocenters. The molecule has 1 aliphatic carbocycles. The molecule has 1 aromatic carbocycles. The van der Waals surface area contributed by atoms with Gasteiger partial charge in [-0.15, -0.1) is 11.8 Å². The molecule has 0 amide bonds. The molecule has 0 heterocycles. The average molecular weight is 214 g/mol. The largest absolute Gasteiger partial charge is 0.389 e. The van der Waals surface area contributed by atoms with E-state index in [2.05, 4.69) is 36.1 Å². The van der Waals surface area contributed by atoms with Crippen LogP contribution in [0.15, 0.2) is 24.3 Å². The molecule has 0 aromatic heterocycles. The van der Waals surface area contributed by atoms with Gasteiger partial charge in [0.15, 0.2) is 0 Å². The molecule has 0 saturated heterocycles. The van der Waals surface area contributed by atoms with Crippen molar-refractivity contribution < 1.29 is 5.11 Å². The van der Waals surface area contributed by atoms with Crippen molar-refractivity contribution in [1.29, 1.82) is 0 Å². The van der Waals surface area contributed by atoms with Crippen LogP contribution in [0.2, 0.25) is 0 Å². The first-order valence-electron chi connectivity index (χ1n) is 5.92. The zero-order valence-corrected chi connectivity index (χ0v) is 9.79. The van der Waals surface area contributed by atoms with Gasteiger partial charge in [-0.2, -0.15) is 0 Å². The number of rotatable bonds is 2. The third-order valence-electron chi connectivity index (χ3n) is 3.39. The Kier molecular flexibility index (Phi) is 3.31. The third kappa shape index (κ3) is 2.46. The van der Waals surface area contributed by atoms with Crippen molar-refractivity contribution in [3.63, 3.8) is 0 Å². The maximum atomic E-state index is 10.5. The summed E-state index contributed by atoms with van der Waals surface area (Å²) >= 11 is 0. The molecule has 84 valence electrons. The smallest absolute Gasteiger partial charge is 0.0700 e. The summed E-state index contributed by atoms with van der Waals surface area (Å²) in [5.74, 6) is 5.92. The molecule has 1 aromatic rings. The molecule has 1 N–H and O–H groups in total. The summed E-state index contributed by atoms with van der Waals surface area (Å²) in [6, 6.07) is 8.42. The Morgan fingerprint density at radius 2 is 2.06 bits per heavy atom. The monoisotopic (exact) mass is 214 g/mol. The van der Waals surface area contributed by atoms with E-state index in [0.29, 0.717) is 0 Å². The fourth-order valence-electron chi connectivity index (χ4n) is 2.42. The number of benzene rings is 1. The fourth-order valence-corrected chi connectivity index (χ4v) is 2.42. The molecule has 1 heteroatoms. The minimum absolute atomic E-state index is 0.530. The molecule has 0 fully saturated rings. The predicted molar refractivity (Wildman–Crippen MR) is 66.1 cm³/mol. The van der Waals surface area contributed by atoms with Crippen LogP contribution in [0.3, 0.4) is 0 Å². The van der Waals surface area contributed by atoms with Crippen molar-refractivity contribution in [3.8, 4) is 11.8 Å². The van der Waals surface area contributed by atoms with Crippen LogP contribution in [-0.4, -0.2) is 10.7 Å². The van der Waals surface area contributed by atoms with Crippen molar-refractivity contribution in [2.75, 3.05) is 0 Å². The van der Waals surface area contributed by atoms with Crippen LogP contribution in [0.1, 0.15) is 37.3 Å². The summed E-state index contributed by atoms with van der Waals surface area (Å²) in [5, 5.41) is 10.5. The van der Waals surface area contributed by atoms with Crippen LogP contribution < -0.4 is 0 Å². The Hall–Kier alpha value is -1.26. The third-order valence-corrected chi connectivity index (χ3v) is 3.39. The number of fused-ring (bicyclic) bond motifs is 1. The molecule has 0 saturated carbocycles. The molecule has 0 spiro atoms. The second kappa shape index (κ2) is 4.72. The van der Waals surface area contributed by atoms with E-state index >= 15 is 0 Å². The summed E-state index contributed by atoms with van der Waals surface area (Å²) in [7, 11) is 0. The first-order valence-corrected chi connectivity index (χ1v) is 5.92. The summed E-state index contributed by atoms with van der Waals surface area (Å²) in [6.45, 7) is 1.85. The number of hydrogen-bond acceptors (Lipinski definition) is 1. The van der Waals surface area contributed by atoms with Crippen molar-refractivity contribution in [3.05, 3.63) is 35.4 Å². The zero-order chi connectivity index (χ0) is 11.4. The molecule has 1 aliphatic rings. The van der Waals surface area contributed by atoms with Gasteiger partial charge in [-0.1, -0.05) is 24.3 Å². The van der Waals surface area contributed by atoms with E-state index in [1.165, 1.54) is 11.1 Å². The van der Waals surface area contributed by atoms with Crippen LogP contribution in [0, 0.1) is 11.8 Å². The zero-order valence-electron chi connectivity index (χ0n) is 9.79. The summed E-state index contributed by atoms with van der Waals surface area (Å²) in [5.41, 5.74) is 2.17. The lowest BCUT2D eigenvalue weighted by molar-refractivity contribution is 0.0193. The molecule has 16 heavy (non-hydrogen) atoms. The molecule has 1 nitrogen and oxygen atoms in total. The highest BCUT2D eigenvalue weighted by atomic mass is 16.3. The average Bonchev–Trinajstić information content (AvgIpc) is 2.29. The highest BCUT2D eigenvalue weighted by Gasteiger charge is 2.30. The lowest BCUT2D eigenvalue weighted by Gasteiger charge is -2.33. The van der Waals surface area contributed by atoms with Gasteiger partial charge in [0.25, 0.3) is 0 Å². The summed E-state index contributed by atoms with van der Waals surface area (Å²) < 4.78 is 0. The quantitative estimate of drug-likeness (QED) is 0.750. The molecule has 0 bridgehead atoms. The number of aliphatic hydroxyl groups is 1. The van der Waals surface area contributed by atoms with E-state index in [0.717, 1.165) is 32.1 Å². The van der Waals surface area contributed by atoms with Gasteiger partial charge in [-0.05, 0) is 37.3 Å². The number of hydrogen-bond donors (Lipinski definition) is 1. The first kappa shape index (κ1) is 11.2. The Morgan fingerprint density at radius 3 is 2.81 bits per heavy atom. The maximum absolute atomic E-state index is 10.5. The van der Waals surface area contributed by atoms with Crippen molar-refractivity contribution >= 4 is 0 Å². The van der Waals surface area contributed by atoms with Gasteiger partial charge >= 0.3 is 0 Å². The Labute approximate surface area is 97.5 Å². The lowest BCUT2D eigenvalue weighted by atomic mass is 9.78. The standard InChI is InChI=1S/C15H18O/c1-2-3-6-10-15(16)11-9-13-7-4-5-8-14(13)12-15/h4-5,7-8,16H,6,9-12H2,1H3. The Bertz CT molecular complexity index is 425. The predicted octanol–water partition coefficient (Wildman–Crippen LogP) is 2.71. The SMILES string of the molecule is CC#CCCC1(O)CCc2ccccc2C1. The highest BCUT2D eigenvalue weighted by molar-refractivity contribution is 5.31. The molecule has 1 atom stereocenters. The van der Waals surface area contributed by atoms with Crippen LogP contribution in [0.4, 0.5) is 0 Å². The normalized spacial score (nSPS) is 23.1. The van der Waals surface area contributed by atoms with E-state index < -0.39 is 5.60 Å². The first-order chi connectivity index (χ1) is 7.73. The van der Waals surface area contributed by atoms with E-state index in [4.69, 9.17) is 0 Å². The van der Waals surface area contributed by atoms with Crippen molar-refractivity contribution in [2.24, 2.45) is 0 Å². The van der Waals surface area contributed by atoms with Crippen LogP contribution in [0.5, 0.6) is 0 Å². The lowest BCUT2D eigenvalue weighted by Crippen LogP contribution is -2.35. The van der Waals surface area contributed by atoms with E-state index in [-0.39, 0.29) is 0 Å². The highest BCUT2D eigenvalue weighted by Crippen LogP contribution is 2.31. The van der Waals surface area contributed by atoms with Crippen molar-refractivity contribution in [1.82, 2.24) is 0 Å². The van der Waals surface area contributed by atoms with E-state index in [9.17, 15) is 5.11 Å². The Morgan fingerprint density at radius 1 is 1.31 bits per heavy atom. The summed E-state index contributed by atoms with van der Waals surface area (Å²) in [6.07, 6.45) is 4.24. The molecular formula is C15H18O. The van der Waals surface area contributed by atoms with Gasteiger partial charge in [0, 0.05) is 12.8 Å². The fraction of sp³-hybridized carbons (Fsp3) is 0.467. The molecular weight excluding hydrogens is 196 g/mol. The second-order valence-electron chi connectivity index (χ2n) is 4.60. The van der Waals surface area contributed by atoms with Gasteiger partial charge in [0.1, 0.15) is 0 Å². The van der Waals surface area contributed by atoms with Gasteiger partial charge in [0.05, 0.1) is 5.60 Å². The van der Waals surface area contributed by atoms with Gasteiger partial charge < -0.3 is 5.11 Å². The number of aryl methyl sites for hydroxylation is 1. The topological polar surface area (TPSA) is 20.2 Å². The second-order valence-corrected chi connectivity index (χ2v) is 4.60. The van der Waals surface area contributed by atoms with Crippen LogP contribution in [0.25, 0.3) is 0 Å². The van der Waals surface area contributed by atoms with E-state index in [1.807, 2.05) is 6.92 Å². The Balaban J connectivity index is 2.07. The molecule has 0 aliphatic heterocycles. The van der Waals surface area contributed by atoms with Gasteiger partial charge in [-0.3, -0.25) is 0 Å². The summed E-state index contributed by atoms with van der Waals surface area (Å²) in [4.78, 5) is 0. The van der Waals surface area contributed by atoms with E-state index in [1.54, 1.807) is 0 Å². The molecule has 2 rings (SSSR count). The van der Waals surface area contributed by atoms with Crippen LogP contribution >= 0.6 is 0 Å². The van der Waals surface area contributed by atoms with Gasteiger partial charge in [0.2, 0.25) is 0 Å². The van der Waals surface area contributed by atoms with Crippen molar-refractivity contribution in [2.45, 2.75) is 44.6 Å². The minimum Gasteiger partial charge on any atom is -0.389 e. The minimum atomic E-state index is -0.530. The van der Waals surface area contributed by atoms with Gasteiger partial charge in [-0.25, -0.2) is 0 Å². The molecule has 0 radical (unpaired) electrons. The maximum Gasteiger partial charge on any atom is 0.0700 e.